The summed E-state index contributed by atoms with van der Waals surface area (Å²) in [4.78, 5) is 31.9. The van der Waals surface area contributed by atoms with Gasteiger partial charge in [-0.3, -0.25) is 14.6 Å². The Morgan fingerprint density at radius 3 is 2.51 bits per heavy atom. The standard InChI is InChI=1S/C30H36N4O6S/c1-20-5-8-26(9-6-20)41(38,39)33(4)18-28-21(2)17-34(22(3)19-35)29(36)16-24-15-25(7-10-27(24)40-28)32-30(37)23-11-13-31-14-12-23/h5-15,21-22,28,35H,16-19H2,1-4H3,(H,32,37)/t21-,22+,28+/m1/s1. The summed E-state index contributed by atoms with van der Waals surface area (Å²) in [6.07, 6.45) is 2.42. The van der Waals surface area contributed by atoms with E-state index in [0.29, 0.717) is 22.6 Å². The molecule has 4 rings (SSSR count). The van der Waals surface area contributed by atoms with Crippen LogP contribution in [0.1, 0.15) is 35.3 Å². The molecule has 0 unspecified atom stereocenters. The van der Waals surface area contributed by atoms with Gasteiger partial charge in [-0.15, -0.1) is 0 Å². The Labute approximate surface area is 241 Å². The van der Waals surface area contributed by atoms with Crippen LogP contribution in [0.2, 0.25) is 0 Å². The average molecular weight is 581 g/mol. The minimum Gasteiger partial charge on any atom is -0.488 e. The number of nitrogens with one attached hydrogen (secondary N) is 1. The summed E-state index contributed by atoms with van der Waals surface area (Å²) < 4.78 is 34.4. The van der Waals surface area contributed by atoms with Gasteiger partial charge in [0.15, 0.2) is 0 Å². The van der Waals surface area contributed by atoms with E-state index in [1.165, 1.54) is 23.7 Å². The first-order chi connectivity index (χ1) is 19.5. The van der Waals surface area contributed by atoms with E-state index in [9.17, 15) is 23.1 Å². The number of nitrogens with zero attached hydrogens (tertiary/aromatic N) is 3. The molecule has 0 aliphatic carbocycles. The van der Waals surface area contributed by atoms with E-state index in [0.717, 1.165) is 5.56 Å². The van der Waals surface area contributed by atoms with Crippen LogP contribution in [0.25, 0.3) is 0 Å². The predicted octanol–water partition coefficient (Wildman–Crippen LogP) is 3.11. The number of carbonyl (C=O) groups is 2. The number of hydrogen-bond acceptors (Lipinski definition) is 7. The van der Waals surface area contributed by atoms with E-state index >= 15 is 0 Å². The first-order valence-corrected chi connectivity index (χ1v) is 14.9. The zero-order valence-electron chi connectivity index (χ0n) is 23.6. The Hall–Kier alpha value is -3.80. The number of aliphatic hydroxyl groups is 1. The molecule has 2 amide bonds. The highest BCUT2D eigenvalue weighted by Gasteiger charge is 2.33. The van der Waals surface area contributed by atoms with E-state index in [1.807, 2.05) is 13.8 Å². The molecule has 10 nitrogen and oxygen atoms in total. The number of benzene rings is 2. The molecule has 0 saturated heterocycles. The number of rotatable bonds is 8. The van der Waals surface area contributed by atoms with Gasteiger partial charge in [0.2, 0.25) is 15.9 Å². The zero-order valence-corrected chi connectivity index (χ0v) is 24.5. The van der Waals surface area contributed by atoms with E-state index in [2.05, 4.69) is 10.3 Å². The summed E-state index contributed by atoms with van der Waals surface area (Å²) in [5.41, 5.74) is 2.41. The topological polar surface area (TPSA) is 129 Å². The van der Waals surface area contributed by atoms with Crippen molar-refractivity contribution in [3.05, 3.63) is 83.7 Å². The van der Waals surface area contributed by atoms with Gasteiger partial charge in [-0.1, -0.05) is 24.6 Å². The number of likely N-dealkylation sites (N-methyl/N-ethyl adjacent to an activating group) is 1. The van der Waals surface area contributed by atoms with E-state index < -0.39 is 22.2 Å². The van der Waals surface area contributed by atoms with Gasteiger partial charge in [-0.05, 0) is 56.3 Å². The van der Waals surface area contributed by atoms with Gasteiger partial charge in [-0.25, -0.2) is 8.42 Å². The van der Waals surface area contributed by atoms with Crippen LogP contribution in [0.5, 0.6) is 5.75 Å². The number of amides is 2. The lowest BCUT2D eigenvalue weighted by molar-refractivity contribution is -0.134. The van der Waals surface area contributed by atoms with Gasteiger partial charge in [0.25, 0.3) is 5.91 Å². The molecule has 1 aromatic heterocycles. The molecule has 1 aliphatic rings. The molecular formula is C30H36N4O6S. The van der Waals surface area contributed by atoms with Crippen molar-refractivity contribution in [3.63, 3.8) is 0 Å². The number of aromatic nitrogens is 1. The van der Waals surface area contributed by atoms with Crippen molar-refractivity contribution in [2.24, 2.45) is 5.92 Å². The molecule has 2 N–H and O–H groups in total. The molecule has 0 fully saturated rings. The summed E-state index contributed by atoms with van der Waals surface area (Å²) in [6.45, 7) is 5.63. The van der Waals surface area contributed by atoms with Gasteiger partial charge >= 0.3 is 0 Å². The number of aliphatic hydroxyl groups excluding tert-OH is 1. The van der Waals surface area contributed by atoms with Crippen molar-refractivity contribution in [1.29, 1.82) is 0 Å². The Bertz CT molecular complexity index is 1480. The maximum Gasteiger partial charge on any atom is 0.255 e. The van der Waals surface area contributed by atoms with E-state index in [1.54, 1.807) is 66.4 Å². The Morgan fingerprint density at radius 1 is 1.17 bits per heavy atom. The van der Waals surface area contributed by atoms with Crippen LogP contribution in [0, 0.1) is 12.8 Å². The largest absolute Gasteiger partial charge is 0.488 e. The molecule has 3 aromatic rings. The highest BCUT2D eigenvalue weighted by Crippen LogP contribution is 2.30. The second kappa shape index (κ2) is 12.8. The molecule has 3 atom stereocenters. The van der Waals surface area contributed by atoms with E-state index in [4.69, 9.17) is 4.74 Å². The Morgan fingerprint density at radius 2 is 1.85 bits per heavy atom. The quantitative estimate of drug-likeness (QED) is 0.419. The van der Waals surface area contributed by atoms with Crippen LogP contribution in [0.3, 0.4) is 0 Å². The third kappa shape index (κ3) is 7.10. The number of pyridine rings is 1. The lowest BCUT2D eigenvalue weighted by Crippen LogP contribution is -2.48. The number of hydrogen-bond donors (Lipinski definition) is 2. The van der Waals surface area contributed by atoms with Crippen LogP contribution in [0.15, 0.2) is 71.9 Å². The average Bonchev–Trinajstić information content (AvgIpc) is 3.00. The van der Waals surface area contributed by atoms with Gasteiger partial charge in [-0.2, -0.15) is 4.31 Å². The van der Waals surface area contributed by atoms with Crippen LogP contribution in [-0.4, -0.2) is 78.4 Å². The molecule has 218 valence electrons. The third-order valence-corrected chi connectivity index (χ3v) is 9.12. The number of fused-ring (bicyclic) bond motifs is 1. The minimum atomic E-state index is -3.80. The number of sulfonamides is 1. The molecule has 0 spiro atoms. The number of aryl methyl sites for hydroxylation is 1. The summed E-state index contributed by atoms with van der Waals surface area (Å²) in [6, 6.07) is 14.5. The first kappa shape index (κ1) is 30.2. The van der Waals surface area contributed by atoms with Gasteiger partial charge in [0.1, 0.15) is 11.9 Å². The fraction of sp³-hybridized carbons (Fsp3) is 0.367. The fourth-order valence-corrected chi connectivity index (χ4v) is 5.86. The predicted molar refractivity (Wildman–Crippen MR) is 155 cm³/mol. The molecule has 41 heavy (non-hydrogen) atoms. The lowest BCUT2D eigenvalue weighted by atomic mass is 10.0. The molecule has 1 aliphatic heterocycles. The maximum absolute atomic E-state index is 13.4. The highest BCUT2D eigenvalue weighted by atomic mass is 32.2. The maximum atomic E-state index is 13.4. The molecule has 2 heterocycles. The minimum absolute atomic E-state index is 0.0183. The SMILES string of the molecule is Cc1ccc(S(=O)(=O)N(C)C[C@@H]2Oc3ccc(NC(=O)c4ccncc4)cc3CC(=O)N([C@@H](C)CO)C[C@H]2C)cc1. The Balaban J connectivity index is 1.65. The summed E-state index contributed by atoms with van der Waals surface area (Å²) in [5.74, 6) is -0.382. The number of ether oxygens (including phenoxy) is 1. The van der Waals surface area contributed by atoms with Crippen LogP contribution >= 0.6 is 0 Å². The van der Waals surface area contributed by atoms with Gasteiger partial charge in [0, 0.05) is 48.7 Å². The van der Waals surface area contributed by atoms with Crippen molar-refractivity contribution in [1.82, 2.24) is 14.2 Å². The molecule has 0 radical (unpaired) electrons. The van der Waals surface area contributed by atoms with Crippen molar-refractivity contribution >= 4 is 27.5 Å². The van der Waals surface area contributed by atoms with Crippen molar-refractivity contribution in [3.8, 4) is 5.75 Å². The van der Waals surface area contributed by atoms with Crippen molar-refractivity contribution in [2.45, 2.75) is 44.2 Å². The smallest absolute Gasteiger partial charge is 0.255 e. The highest BCUT2D eigenvalue weighted by molar-refractivity contribution is 7.89. The summed E-state index contributed by atoms with van der Waals surface area (Å²) >= 11 is 0. The first-order valence-electron chi connectivity index (χ1n) is 13.4. The van der Waals surface area contributed by atoms with Crippen molar-refractivity contribution < 1.29 is 27.9 Å². The fourth-order valence-electron chi connectivity index (χ4n) is 4.67. The van der Waals surface area contributed by atoms with Crippen LogP contribution in [0.4, 0.5) is 5.69 Å². The third-order valence-electron chi connectivity index (χ3n) is 7.28. The monoisotopic (exact) mass is 580 g/mol. The van der Waals surface area contributed by atoms with Crippen LogP contribution < -0.4 is 10.1 Å². The van der Waals surface area contributed by atoms with Gasteiger partial charge < -0.3 is 20.1 Å². The van der Waals surface area contributed by atoms with E-state index in [-0.39, 0.29) is 48.7 Å². The zero-order chi connectivity index (χ0) is 29.7. The second-order valence-electron chi connectivity index (χ2n) is 10.5. The summed E-state index contributed by atoms with van der Waals surface area (Å²) in [5, 5.41) is 12.7. The molecule has 11 heteroatoms. The second-order valence-corrected chi connectivity index (χ2v) is 12.5. The van der Waals surface area contributed by atoms with Crippen LogP contribution in [-0.2, 0) is 21.2 Å². The molecule has 2 aromatic carbocycles. The molecule has 0 saturated carbocycles. The summed E-state index contributed by atoms with van der Waals surface area (Å²) in [7, 11) is -2.29. The molecule has 0 bridgehead atoms. The molecular weight excluding hydrogens is 544 g/mol. The Kier molecular flexibility index (Phi) is 9.42. The van der Waals surface area contributed by atoms with Crippen molar-refractivity contribution in [2.75, 3.05) is 32.1 Å². The van der Waals surface area contributed by atoms with Gasteiger partial charge in [0.05, 0.1) is 30.5 Å². The number of carbonyl (C=O) groups excluding carboxylic acids is 2. The lowest BCUT2D eigenvalue weighted by Gasteiger charge is -2.33. The number of anilines is 1. The normalized spacial score (nSPS) is 18.5.